The van der Waals surface area contributed by atoms with Gasteiger partial charge in [-0.3, -0.25) is 9.78 Å². The van der Waals surface area contributed by atoms with Crippen molar-refractivity contribution >= 4 is 29.1 Å². The van der Waals surface area contributed by atoms with Crippen LogP contribution >= 0.6 is 23.4 Å². The van der Waals surface area contributed by atoms with E-state index in [0.29, 0.717) is 11.4 Å². The van der Waals surface area contributed by atoms with Gasteiger partial charge in [-0.25, -0.2) is 0 Å². The number of pyridine rings is 1. The van der Waals surface area contributed by atoms with Crippen LogP contribution in [0, 0.1) is 0 Å². The Morgan fingerprint density at radius 1 is 1.69 bits per heavy atom. The topological polar surface area (TPSA) is 30.0 Å². The highest BCUT2D eigenvalue weighted by atomic mass is 35.5. The van der Waals surface area contributed by atoms with Gasteiger partial charge >= 0.3 is 0 Å². The lowest BCUT2D eigenvalue weighted by molar-refractivity contribution is -0.120. The van der Waals surface area contributed by atoms with E-state index < -0.39 is 0 Å². The first-order valence-electron chi connectivity index (χ1n) is 5.37. The molecular weight excluding hydrogens is 242 g/mol. The Kier molecular flexibility index (Phi) is 3.55. The molecule has 2 rings (SSSR count). The van der Waals surface area contributed by atoms with E-state index in [1.54, 1.807) is 24.2 Å². The average Bonchev–Trinajstić information content (AvgIpc) is 2.70. The summed E-state index contributed by atoms with van der Waals surface area (Å²) in [5.74, 6) is 1.37. The van der Waals surface area contributed by atoms with E-state index in [4.69, 9.17) is 11.6 Å². The van der Waals surface area contributed by atoms with E-state index >= 15 is 0 Å². The number of carbonyl (C=O) groups is 1. The second-order valence-electron chi connectivity index (χ2n) is 4.25. The lowest BCUT2D eigenvalue weighted by atomic mass is 9.95. The number of halogens is 1. The summed E-state index contributed by atoms with van der Waals surface area (Å²) in [6.45, 7) is 2.04. The summed E-state index contributed by atoms with van der Waals surface area (Å²) in [7, 11) is 0. The van der Waals surface area contributed by atoms with E-state index in [1.807, 2.05) is 13.0 Å². The molecule has 0 aromatic carbocycles. The lowest BCUT2D eigenvalue weighted by Gasteiger charge is -2.20. The first-order chi connectivity index (χ1) is 7.62. The van der Waals surface area contributed by atoms with Crippen LogP contribution < -0.4 is 0 Å². The summed E-state index contributed by atoms with van der Waals surface area (Å²) in [4.78, 5) is 16.1. The van der Waals surface area contributed by atoms with Crippen LogP contribution in [0.15, 0.2) is 18.5 Å². The summed E-state index contributed by atoms with van der Waals surface area (Å²) in [6, 6.07) is 1.82. The zero-order valence-corrected chi connectivity index (χ0v) is 10.8. The number of thioether (sulfide) groups is 1. The predicted octanol–water partition coefficient (Wildman–Crippen LogP) is 3.13. The van der Waals surface area contributed by atoms with Crippen molar-refractivity contribution in [2.45, 2.75) is 30.9 Å². The van der Waals surface area contributed by atoms with Gasteiger partial charge in [-0.15, -0.1) is 11.8 Å². The number of rotatable bonds is 3. The van der Waals surface area contributed by atoms with Crippen LogP contribution in [0.4, 0.5) is 0 Å². The molecular formula is C12H14ClNOS. The molecule has 2 nitrogen and oxygen atoms in total. The summed E-state index contributed by atoms with van der Waals surface area (Å²) in [5.41, 5.74) is 0.885. The van der Waals surface area contributed by atoms with Gasteiger partial charge in [0.25, 0.3) is 0 Å². The highest BCUT2D eigenvalue weighted by molar-refractivity contribution is 8.01. The molecule has 0 radical (unpaired) electrons. The van der Waals surface area contributed by atoms with Crippen LogP contribution in [0.1, 0.15) is 25.3 Å². The molecule has 4 heteroatoms. The molecule has 1 unspecified atom stereocenters. The van der Waals surface area contributed by atoms with Crippen molar-refractivity contribution in [2.24, 2.45) is 0 Å². The molecule has 2 heterocycles. The molecule has 1 fully saturated rings. The molecule has 1 aromatic heterocycles. The third-order valence-electron chi connectivity index (χ3n) is 3.02. The number of Topliss-reactive ketones (excluding diaryl/α,β-unsaturated/α-hetero) is 1. The maximum Gasteiger partial charge on any atom is 0.153 e. The fourth-order valence-electron chi connectivity index (χ4n) is 1.91. The average molecular weight is 256 g/mol. The SMILES string of the molecule is CC1(C(=O)Cc2ccncc2Cl)CCCS1. The standard InChI is InChI=1S/C12H14ClNOS/c1-12(4-2-6-16-12)11(15)7-9-3-5-14-8-10(9)13/h3,5,8H,2,4,6-7H2,1H3. The largest absolute Gasteiger partial charge is 0.298 e. The van der Waals surface area contributed by atoms with E-state index in [2.05, 4.69) is 4.98 Å². The number of carbonyl (C=O) groups excluding carboxylic acids is 1. The molecule has 0 saturated carbocycles. The quantitative estimate of drug-likeness (QED) is 0.831. The number of aromatic nitrogens is 1. The van der Waals surface area contributed by atoms with Crippen LogP contribution in [0.5, 0.6) is 0 Å². The number of ketones is 1. The van der Waals surface area contributed by atoms with Crippen molar-refractivity contribution in [1.82, 2.24) is 4.98 Å². The van der Waals surface area contributed by atoms with E-state index in [1.165, 1.54) is 0 Å². The van der Waals surface area contributed by atoms with Crippen molar-refractivity contribution in [3.8, 4) is 0 Å². The van der Waals surface area contributed by atoms with Crippen molar-refractivity contribution in [3.05, 3.63) is 29.0 Å². The smallest absolute Gasteiger partial charge is 0.153 e. The summed E-state index contributed by atoms with van der Waals surface area (Å²) >= 11 is 7.77. The summed E-state index contributed by atoms with van der Waals surface area (Å²) in [5, 5.41) is 0.586. The Morgan fingerprint density at radius 2 is 2.50 bits per heavy atom. The van der Waals surface area contributed by atoms with Gasteiger partial charge in [0.2, 0.25) is 0 Å². The number of hydrogen-bond acceptors (Lipinski definition) is 3. The minimum absolute atomic E-state index is 0.202. The van der Waals surface area contributed by atoms with Gasteiger partial charge < -0.3 is 0 Å². The molecule has 1 aliphatic heterocycles. The van der Waals surface area contributed by atoms with E-state index in [-0.39, 0.29) is 10.5 Å². The molecule has 0 N–H and O–H groups in total. The molecule has 0 aliphatic carbocycles. The third-order valence-corrected chi connectivity index (χ3v) is 4.92. The summed E-state index contributed by atoms with van der Waals surface area (Å²) < 4.78 is -0.202. The fraction of sp³-hybridized carbons (Fsp3) is 0.500. The van der Waals surface area contributed by atoms with Crippen LogP contribution in [-0.2, 0) is 11.2 Å². The monoisotopic (exact) mass is 255 g/mol. The molecule has 1 saturated heterocycles. The van der Waals surface area contributed by atoms with Crippen molar-refractivity contribution < 1.29 is 4.79 Å². The van der Waals surface area contributed by atoms with Gasteiger partial charge in [0, 0.05) is 18.8 Å². The lowest BCUT2D eigenvalue weighted by Crippen LogP contribution is -2.30. The second kappa shape index (κ2) is 4.76. The van der Waals surface area contributed by atoms with Gasteiger partial charge in [-0.05, 0) is 37.1 Å². The summed E-state index contributed by atoms with van der Waals surface area (Å²) in [6.07, 6.45) is 5.81. The van der Waals surface area contributed by atoms with Gasteiger partial charge in [-0.2, -0.15) is 0 Å². The number of hydrogen-bond donors (Lipinski definition) is 0. The molecule has 0 spiro atoms. The Labute approximate surface area is 105 Å². The van der Waals surface area contributed by atoms with Gasteiger partial charge in [0.15, 0.2) is 5.78 Å². The fourth-order valence-corrected chi connectivity index (χ4v) is 3.35. The Morgan fingerprint density at radius 3 is 3.12 bits per heavy atom. The van der Waals surface area contributed by atoms with Crippen LogP contribution in [-0.4, -0.2) is 21.3 Å². The zero-order valence-electron chi connectivity index (χ0n) is 9.20. The first kappa shape index (κ1) is 11.9. The molecule has 16 heavy (non-hydrogen) atoms. The highest BCUT2D eigenvalue weighted by Crippen LogP contribution is 2.39. The molecule has 0 amide bonds. The van der Waals surface area contributed by atoms with Crippen molar-refractivity contribution in [2.75, 3.05) is 5.75 Å². The molecule has 0 bridgehead atoms. The van der Waals surface area contributed by atoms with Crippen LogP contribution in [0.2, 0.25) is 5.02 Å². The third kappa shape index (κ3) is 2.41. The Hall–Kier alpha value is -0.540. The second-order valence-corrected chi connectivity index (χ2v) is 6.26. The highest BCUT2D eigenvalue weighted by Gasteiger charge is 2.36. The van der Waals surface area contributed by atoms with Gasteiger partial charge in [0.05, 0.1) is 9.77 Å². The maximum atomic E-state index is 12.2. The number of nitrogens with zero attached hydrogens (tertiary/aromatic N) is 1. The normalized spacial score (nSPS) is 24.6. The van der Waals surface area contributed by atoms with E-state index in [9.17, 15) is 4.79 Å². The minimum Gasteiger partial charge on any atom is -0.298 e. The van der Waals surface area contributed by atoms with Gasteiger partial charge in [0.1, 0.15) is 0 Å². The first-order valence-corrected chi connectivity index (χ1v) is 6.74. The Balaban J connectivity index is 2.10. The van der Waals surface area contributed by atoms with Crippen molar-refractivity contribution in [3.63, 3.8) is 0 Å². The van der Waals surface area contributed by atoms with Crippen LogP contribution in [0.3, 0.4) is 0 Å². The molecule has 1 atom stereocenters. The van der Waals surface area contributed by atoms with E-state index in [0.717, 1.165) is 24.2 Å². The molecule has 1 aromatic rings. The minimum atomic E-state index is -0.202. The predicted molar refractivity (Wildman–Crippen MR) is 68.1 cm³/mol. The van der Waals surface area contributed by atoms with Crippen molar-refractivity contribution in [1.29, 1.82) is 0 Å². The van der Waals surface area contributed by atoms with Crippen LogP contribution in [0.25, 0.3) is 0 Å². The maximum absolute atomic E-state index is 12.2. The molecule has 86 valence electrons. The molecule has 1 aliphatic rings. The zero-order chi connectivity index (χ0) is 11.6. The van der Waals surface area contributed by atoms with Gasteiger partial charge in [-0.1, -0.05) is 11.6 Å². The Bertz CT molecular complexity index is 402.